The van der Waals surface area contributed by atoms with E-state index < -0.39 is 11.2 Å². The van der Waals surface area contributed by atoms with Crippen molar-refractivity contribution in [3.8, 4) is 0 Å². The molecule has 0 aromatic heterocycles. The van der Waals surface area contributed by atoms with Crippen molar-refractivity contribution in [2.24, 2.45) is 5.41 Å². The molecule has 148 valence electrons. The SMILES string of the molecule is Cc1ccc(F)c(N2C(=O)CSC2c2cccc(NC(=O)C(C)(C)CCl)c2)c1. The van der Waals surface area contributed by atoms with Gasteiger partial charge in [0.15, 0.2) is 0 Å². The fourth-order valence-electron chi connectivity index (χ4n) is 2.87. The van der Waals surface area contributed by atoms with E-state index in [1.807, 2.05) is 25.1 Å². The molecular formula is C21H22ClFN2O2S. The summed E-state index contributed by atoms with van der Waals surface area (Å²) in [4.78, 5) is 26.4. The third kappa shape index (κ3) is 4.18. The van der Waals surface area contributed by atoms with Crippen molar-refractivity contribution >= 4 is 46.6 Å². The molecular weight excluding hydrogens is 399 g/mol. The maximum Gasteiger partial charge on any atom is 0.238 e. The standard InChI is InChI=1S/C21H22ClFN2O2S/c1-13-7-8-16(23)17(9-13)25-18(26)11-28-19(25)14-5-4-6-15(10-14)24-20(27)21(2,3)12-22/h4-10,19H,11-12H2,1-3H3,(H,24,27). The summed E-state index contributed by atoms with van der Waals surface area (Å²) in [5.74, 6) is -0.284. The van der Waals surface area contributed by atoms with E-state index in [1.165, 1.54) is 22.7 Å². The number of rotatable bonds is 5. The minimum absolute atomic E-state index is 0.141. The summed E-state index contributed by atoms with van der Waals surface area (Å²) in [6.07, 6.45) is 0. The lowest BCUT2D eigenvalue weighted by atomic mass is 9.95. The van der Waals surface area contributed by atoms with Gasteiger partial charge in [-0.25, -0.2) is 4.39 Å². The number of amides is 2. The van der Waals surface area contributed by atoms with Crippen molar-refractivity contribution in [1.82, 2.24) is 0 Å². The van der Waals surface area contributed by atoms with Crippen LogP contribution in [0.1, 0.15) is 30.3 Å². The lowest BCUT2D eigenvalue weighted by molar-refractivity contribution is -0.123. The fraction of sp³-hybridized carbons (Fsp3) is 0.333. The minimum Gasteiger partial charge on any atom is -0.326 e. The number of aryl methyl sites for hydroxylation is 1. The molecule has 1 heterocycles. The van der Waals surface area contributed by atoms with Gasteiger partial charge >= 0.3 is 0 Å². The van der Waals surface area contributed by atoms with Crippen molar-refractivity contribution in [1.29, 1.82) is 0 Å². The van der Waals surface area contributed by atoms with Gasteiger partial charge < -0.3 is 5.32 Å². The Kier molecular flexibility index (Phi) is 6.01. The molecule has 2 amide bonds. The second-order valence-corrected chi connectivity index (χ2v) is 8.81. The van der Waals surface area contributed by atoms with Gasteiger partial charge in [-0.05, 0) is 56.2 Å². The Morgan fingerprint density at radius 1 is 1.32 bits per heavy atom. The summed E-state index contributed by atoms with van der Waals surface area (Å²) in [5.41, 5.74) is 1.89. The van der Waals surface area contributed by atoms with Crippen molar-refractivity contribution < 1.29 is 14.0 Å². The quantitative estimate of drug-likeness (QED) is 0.683. The molecule has 1 N–H and O–H groups in total. The smallest absolute Gasteiger partial charge is 0.238 e. The van der Waals surface area contributed by atoms with E-state index in [1.54, 1.807) is 32.0 Å². The first-order valence-corrected chi connectivity index (χ1v) is 10.5. The van der Waals surface area contributed by atoms with Crippen LogP contribution in [0.5, 0.6) is 0 Å². The predicted octanol–water partition coefficient (Wildman–Crippen LogP) is 5.12. The van der Waals surface area contributed by atoms with E-state index in [9.17, 15) is 14.0 Å². The van der Waals surface area contributed by atoms with Gasteiger partial charge in [0.05, 0.1) is 16.9 Å². The van der Waals surface area contributed by atoms with Crippen molar-refractivity contribution in [3.05, 3.63) is 59.4 Å². The van der Waals surface area contributed by atoms with Crippen LogP contribution in [0, 0.1) is 18.2 Å². The Balaban J connectivity index is 1.91. The van der Waals surface area contributed by atoms with Crippen LogP contribution in [0.3, 0.4) is 0 Å². The van der Waals surface area contributed by atoms with Crippen molar-refractivity contribution in [2.75, 3.05) is 21.8 Å². The lowest BCUT2D eigenvalue weighted by Gasteiger charge is -2.26. The van der Waals surface area contributed by atoms with Crippen LogP contribution in [0.25, 0.3) is 0 Å². The van der Waals surface area contributed by atoms with Gasteiger partial charge in [-0.1, -0.05) is 18.2 Å². The van der Waals surface area contributed by atoms with Crippen LogP contribution in [-0.4, -0.2) is 23.4 Å². The fourth-order valence-corrected chi connectivity index (χ4v) is 4.15. The van der Waals surface area contributed by atoms with Crippen LogP contribution in [0.2, 0.25) is 0 Å². The Morgan fingerprint density at radius 3 is 2.79 bits per heavy atom. The number of nitrogens with zero attached hydrogens (tertiary/aromatic N) is 1. The summed E-state index contributed by atoms with van der Waals surface area (Å²) in [6, 6.07) is 12.0. The monoisotopic (exact) mass is 420 g/mol. The van der Waals surface area contributed by atoms with Crippen LogP contribution in [0.15, 0.2) is 42.5 Å². The van der Waals surface area contributed by atoms with Gasteiger partial charge in [-0.2, -0.15) is 0 Å². The normalized spacial score (nSPS) is 17.1. The Morgan fingerprint density at radius 2 is 2.07 bits per heavy atom. The summed E-state index contributed by atoms with van der Waals surface area (Å²) >= 11 is 7.31. The van der Waals surface area contributed by atoms with Crippen LogP contribution >= 0.6 is 23.4 Å². The van der Waals surface area contributed by atoms with Gasteiger partial charge in [0.1, 0.15) is 11.2 Å². The number of carbonyl (C=O) groups is 2. The molecule has 0 aliphatic carbocycles. The zero-order valence-electron chi connectivity index (χ0n) is 16.0. The van der Waals surface area contributed by atoms with Crippen LogP contribution < -0.4 is 10.2 Å². The number of halogens is 2. The highest BCUT2D eigenvalue weighted by Crippen LogP contribution is 2.43. The van der Waals surface area contributed by atoms with E-state index in [-0.39, 0.29) is 34.5 Å². The van der Waals surface area contributed by atoms with E-state index in [0.29, 0.717) is 5.69 Å². The zero-order chi connectivity index (χ0) is 20.5. The molecule has 0 saturated carbocycles. The molecule has 1 fully saturated rings. The van der Waals surface area contributed by atoms with Crippen LogP contribution in [0.4, 0.5) is 15.8 Å². The summed E-state index contributed by atoms with van der Waals surface area (Å²) in [6.45, 7) is 5.40. The van der Waals surface area contributed by atoms with Gasteiger partial charge in [0, 0.05) is 11.6 Å². The number of nitrogens with one attached hydrogen (secondary N) is 1. The molecule has 3 rings (SSSR count). The number of carbonyl (C=O) groups excluding carboxylic acids is 2. The van der Waals surface area contributed by atoms with E-state index in [0.717, 1.165) is 11.1 Å². The highest BCUT2D eigenvalue weighted by molar-refractivity contribution is 8.00. The molecule has 1 atom stereocenters. The van der Waals surface area contributed by atoms with Crippen molar-refractivity contribution in [2.45, 2.75) is 26.1 Å². The summed E-state index contributed by atoms with van der Waals surface area (Å²) in [7, 11) is 0. The number of anilines is 2. The first-order chi connectivity index (χ1) is 13.2. The van der Waals surface area contributed by atoms with Gasteiger partial charge in [0.25, 0.3) is 0 Å². The molecule has 1 unspecified atom stereocenters. The molecule has 7 heteroatoms. The second-order valence-electron chi connectivity index (χ2n) is 7.48. The van der Waals surface area contributed by atoms with Crippen molar-refractivity contribution in [3.63, 3.8) is 0 Å². The Bertz CT molecular complexity index is 919. The molecule has 2 aromatic rings. The molecule has 0 spiro atoms. The number of thioether (sulfide) groups is 1. The topological polar surface area (TPSA) is 49.4 Å². The second kappa shape index (κ2) is 8.13. The number of benzene rings is 2. The van der Waals surface area contributed by atoms with Gasteiger partial charge in [-0.3, -0.25) is 14.5 Å². The van der Waals surface area contributed by atoms with E-state index in [4.69, 9.17) is 11.6 Å². The van der Waals surface area contributed by atoms with E-state index >= 15 is 0 Å². The van der Waals surface area contributed by atoms with Gasteiger partial charge in [0.2, 0.25) is 11.8 Å². The van der Waals surface area contributed by atoms with E-state index in [2.05, 4.69) is 5.32 Å². The lowest BCUT2D eigenvalue weighted by Crippen LogP contribution is -2.32. The molecule has 1 aliphatic rings. The highest BCUT2D eigenvalue weighted by Gasteiger charge is 2.36. The molecule has 1 aliphatic heterocycles. The molecule has 2 aromatic carbocycles. The largest absolute Gasteiger partial charge is 0.326 e. The maximum atomic E-state index is 14.4. The average molecular weight is 421 g/mol. The highest BCUT2D eigenvalue weighted by atomic mass is 35.5. The number of hydrogen-bond donors (Lipinski definition) is 1. The number of alkyl halides is 1. The third-order valence-electron chi connectivity index (χ3n) is 4.61. The predicted molar refractivity (Wildman–Crippen MR) is 113 cm³/mol. The minimum atomic E-state index is -0.702. The Labute approximate surface area is 173 Å². The Hall–Kier alpha value is -2.05. The molecule has 0 radical (unpaired) electrons. The van der Waals surface area contributed by atoms with Crippen LogP contribution in [-0.2, 0) is 9.59 Å². The molecule has 0 bridgehead atoms. The summed E-state index contributed by atoms with van der Waals surface area (Å²) in [5, 5.41) is 2.51. The first-order valence-electron chi connectivity index (χ1n) is 8.90. The third-order valence-corrected chi connectivity index (χ3v) is 6.49. The molecule has 28 heavy (non-hydrogen) atoms. The molecule has 4 nitrogen and oxygen atoms in total. The number of hydrogen-bond acceptors (Lipinski definition) is 3. The maximum absolute atomic E-state index is 14.4. The zero-order valence-corrected chi connectivity index (χ0v) is 17.5. The first kappa shape index (κ1) is 20.7. The van der Waals surface area contributed by atoms with Gasteiger partial charge in [-0.15, -0.1) is 23.4 Å². The average Bonchev–Trinajstić information content (AvgIpc) is 3.05. The summed E-state index contributed by atoms with van der Waals surface area (Å²) < 4.78 is 14.4. The molecule has 1 saturated heterocycles.